The molecule has 0 heterocycles. The van der Waals surface area contributed by atoms with Crippen molar-refractivity contribution in [2.45, 2.75) is 176 Å². The first-order valence-electron chi connectivity index (χ1n) is 25.5. The van der Waals surface area contributed by atoms with Gasteiger partial charge in [0.2, 0.25) is 0 Å². The number of hydrogen-bond acceptors (Lipinski definition) is 6. The molecule has 0 aliphatic heterocycles. The second kappa shape index (κ2) is 17.6. The Morgan fingerprint density at radius 1 is 0.508 bits per heavy atom. The Balaban J connectivity index is 0.00000330. The first-order chi connectivity index (χ1) is 28.4. The summed E-state index contributed by atoms with van der Waals surface area (Å²) < 4.78 is 14.1. The van der Waals surface area contributed by atoms with E-state index in [1.165, 1.54) is 12.8 Å². The number of carbonyl (C=O) groups is 4. The maximum atomic E-state index is 14.1. The highest BCUT2D eigenvalue weighted by atomic mass is 79.9. The first-order valence-corrected chi connectivity index (χ1v) is 25.5. The molecule has 8 saturated carbocycles. The van der Waals surface area contributed by atoms with Crippen molar-refractivity contribution in [2.75, 3.05) is 67.6 Å². The average Bonchev–Trinajstić information content (AvgIpc) is 3.47. The summed E-state index contributed by atoms with van der Waals surface area (Å²) in [5, 5.41) is 0. The Morgan fingerprint density at radius 2 is 0.873 bits per heavy atom. The SMILES string of the molecule is C[C@@]12CC[C@@H]3[C@@](CC[C@H]4[C@@]3(C)CCC[C@@]4(C)C(=O)OCC[N+](C)(C)CCCCC[N+](C)(C)CCOC(=O)[C@]3(C)CCC[C@]4(C)[C@H]3CC[C@@]35CC(=O)[C@@](C)(CC[C@@H]34)C5)(CC1=O)C2.[Br-].[Br-]. The second-order valence-electron chi connectivity index (χ2n) is 26.4. The van der Waals surface area contributed by atoms with Crippen LogP contribution in [-0.4, -0.2) is 100 Å². The number of carbonyl (C=O) groups excluding carboxylic acids is 4. The fraction of sp³-hybridized carbons (Fsp3) is 0.925. The van der Waals surface area contributed by atoms with E-state index in [9.17, 15) is 19.2 Å². The van der Waals surface area contributed by atoms with Gasteiger partial charge in [-0.15, -0.1) is 0 Å². The fourth-order valence-electron chi connectivity index (χ4n) is 18.1. The van der Waals surface area contributed by atoms with Gasteiger partial charge in [0.25, 0.3) is 0 Å². The van der Waals surface area contributed by atoms with E-state index in [0.717, 1.165) is 157 Å². The number of ether oxygens (including phenoxy) is 2. The van der Waals surface area contributed by atoms with Crippen molar-refractivity contribution in [3.8, 4) is 0 Å². The van der Waals surface area contributed by atoms with Crippen LogP contribution in [-0.2, 0) is 28.7 Å². The van der Waals surface area contributed by atoms with E-state index in [1.54, 1.807) is 0 Å². The molecule has 0 amide bonds. The van der Waals surface area contributed by atoms with Gasteiger partial charge in [-0.25, -0.2) is 0 Å². The van der Waals surface area contributed by atoms with E-state index < -0.39 is 10.8 Å². The van der Waals surface area contributed by atoms with Crippen molar-refractivity contribution in [1.82, 2.24) is 0 Å². The topological polar surface area (TPSA) is 86.7 Å². The van der Waals surface area contributed by atoms with E-state index in [2.05, 4.69) is 69.7 Å². The third kappa shape index (κ3) is 8.67. The second-order valence-corrected chi connectivity index (χ2v) is 26.4. The number of rotatable bonds is 14. The molecule has 0 aromatic carbocycles. The fourth-order valence-corrected chi connectivity index (χ4v) is 18.1. The highest BCUT2D eigenvalue weighted by Gasteiger charge is 2.70. The molecule has 10 heteroatoms. The predicted molar refractivity (Wildman–Crippen MR) is 240 cm³/mol. The van der Waals surface area contributed by atoms with Crippen LogP contribution in [0.25, 0.3) is 0 Å². The Bertz CT molecular complexity index is 1650. The molecule has 8 aliphatic rings. The van der Waals surface area contributed by atoms with Crippen LogP contribution in [0.5, 0.6) is 0 Å². The van der Waals surface area contributed by atoms with E-state index in [0.29, 0.717) is 48.5 Å². The molecule has 0 aromatic rings. The van der Waals surface area contributed by atoms with Gasteiger partial charge in [-0.05, 0) is 168 Å². The molecule has 360 valence electrons. The zero-order chi connectivity index (χ0) is 44.1. The lowest BCUT2D eigenvalue weighted by Crippen LogP contribution is -3.00. The van der Waals surface area contributed by atoms with Gasteiger partial charge >= 0.3 is 11.9 Å². The molecule has 8 aliphatic carbocycles. The van der Waals surface area contributed by atoms with Crippen LogP contribution in [0.2, 0.25) is 0 Å². The molecule has 0 unspecified atom stereocenters. The zero-order valence-electron chi connectivity index (χ0n) is 41.5. The average molecular weight is 1010 g/mol. The molecule has 0 saturated heterocycles. The number of ketones is 2. The summed E-state index contributed by atoms with van der Waals surface area (Å²) in [6.07, 6.45) is 22.1. The van der Waals surface area contributed by atoms with Crippen molar-refractivity contribution < 1.29 is 71.6 Å². The summed E-state index contributed by atoms with van der Waals surface area (Å²) in [7, 11) is 9.07. The van der Waals surface area contributed by atoms with Crippen molar-refractivity contribution in [3.63, 3.8) is 0 Å². The van der Waals surface area contributed by atoms with Gasteiger partial charge in [0, 0.05) is 23.7 Å². The third-order valence-corrected chi connectivity index (χ3v) is 21.5. The lowest BCUT2D eigenvalue weighted by Gasteiger charge is -2.63. The normalized spacial score (nSPS) is 43.9. The van der Waals surface area contributed by atoms with Gasteiger partial charge in [-0.3, -0.25) is 19.2 Å². The summed E-state index contributed by atoms with van der Waals surface area (Å²) in [4.78, 5) is 54.4. The van der Waals surface area contributed by atoms with Gasteiger partial charge in [-0.1, -0.05) is 40.5 Å². The Hall–Kier alpha value is -0.840. The Morgan fingerprint density at radius 3 is 1.25 bits per heavy atom. The maximum absolute atomic E-state index is 14.1. The number of unbranched alkanes of at least 4 members (excludes halogenated alkanes) is 2. The third-order valence-electron chi connectivity index (χ3n) is 21.5. The van der Waals surface area contributed by atoms with E-state index in [4.69, 9.17) is 9.47 Å². The van der Waals surface area contributed by atoms with Crippen molar-refractivity contribution >= 4 is 23.5 Å². The van der Waals surface area contributed by atoms with E-state index in [-0.39, 0.29) is 78.4 Å². The summed E-state index contributed by atoms with van der Waals surface area (Å²) in [5.41, 5.74) is -0.549. The summed E-state index contributed by atoms with van der Waals surface area (Å²) >= 11 is 0. The van der Waals surface area contributed by atoms with E-state index in [1.807, 2.05) is 0 Å². The van der Waals surface area contributed by atoms with Crippen molar-refractivity contribution in [2.24, 2.45) is 67.0 Å². The van der Waals surface area contributed by atoms with Crippen LogP contribution < -0.4 is 34.0 Å². The molecular formula is C53H88Br2N2O6. The number of likely N-dealkylation sites (N-methyl/N-ethyl adjacent to an activating group) is 2. The molecule has 63 heavy (non-hydrogen) atoms. The zero-order valence-corrected chi connectivity index (χ0v) is 44.7. The highest BCUT2D eigenvalue weighted by molar-refractivity contribution is 5.89. The van der Waals surface area contributed by atoms with Gasteiger partial charge in [0.15, 0.2) is 0 Å². The first kappa shape index (κ1) is 51.5. The van der Waals surface area contributed by atoms with Gasteiger partial charge in [0.05, 0.1) is 52.1 Å². The predicted octanol–water partition coefficient (Wildman–Crippen LogP) is 4.15. The van der Waals surface area contributed by atoms with Gasteiger partial charge < -0.3 is 52.4 Å². The molecule has 12 atom stereocenters. The van der Waals surface area contributed by atoms with Crippen molar-refractivity contribution in [1.29, 1.82) is 0 Å². The standard InChI is InChI=1S/C53H88N2O6.2BrH/c1-46-24-16-40-48(3)20-14-22-50(5,38(48)18-26-52(40,36-46)34-42(46)56)44(58)60-32-30-54(7,8)28-12-11-13-29-55(9,10)31-33-61-45(59)51(6)23-15-21-49(4)39(51)19-27-53-35-43(57)47(2,37-53)25-17-41(49)53;;/h38-41H,11-37H2,1-10H3;2*1H/q+2;;/p-2/t38-,39+,40-,41+,46-,47-,48+,49+,50+,51+,52-,53-;;/m0../s1. The van der Waals surface area contributed by atoms with Gasteiger partial charge in [0.1, 0.15) is 37.9 Å². The molecule has 0 N–H and O–H groups in total. The number of fused-ring (bicyclic) bond motifs is 6. The minimum absolute atomic E-state index is 0. The molecule has 8 nitrogen and oxygen atoms in total. The Kier molecular flexibility index (Phi) is 14.4. The number of esters is 2. The van der Waals surface area contributed by atoms with Crippen LogP contribution in [0.3, 0.4) is 0 Å². The molecular weight excluding hydrogens is 920 g/mol. The quantitative estimate of drug-likeness (QED) is 0.148. The number of quaternary nitrogens is 2. The molecule has 2 spiro atoms. The highest BCUT2D eigenvalue weighted by Crippen LogP contribution is 2.74. The number of nitrogens with zero attached hydrogens (tertiary/aromatic N) is 2. The van der Waals surface area contributed by atoms with Crippen LogP contribution >= 0.6 is 0 Å². The Labute approximate surface area is 404 Å². The molecule has 0 aromatic heterocycles. The lowest BCUT2D eigenvalue weighted by atomic mass is 9.40. The van der Waals surface area contributed by atoms with Gasteiger partial charge in [-0.2, -0.15) is 0 Å². The smallest absolute Gasteiger partial charge is 0.312 e. The molecule has 8 rings (SSSR count). The van der Waals surface area contributed by atoms with E-state index >= 15 is 0 Å². The minimum atomic E-state index is -0.441. The van der Waals surface area contributed by atoms with Crippen molar-refractivity contribution in [3.05, 3.63) is 0 Å². The number of hydrogen-bond donors (Lipinski definition) is 0. The number of halogens is 2. The summed E-state index contributed by atoms with van der Waals surface area (Å²) in [5.74, 6) is 2.81. The number of Topliss-reactive ketones (excluding diaryl/α,β-unsaturated/α-hetero) is 2. The van der Waals surface area contributed by atoms with Crippen LogP contribution in [0, 0.1) is 67.0 Å². The van der Waals surface area contributed by atoms with Crippen LogP contribution in [0.15, 0.2) is 0 Å². The summed E-state index contributed by atoms with van der Waals surface area (Å²) in [6.45, 7) is 18.5. The minimum Gasteiger partial charge on any atom is -1.00 e. The summed E-state index contributed by atoms with van der Waals surface area (Å²) in [6, 6.07) is 0. The molecule has 4 bridgehead atoms. The van der Waals surface area contributed by atoms with Crippen LogP contribution in [0.4, 0.5) is 0 Å². The monoisotopic (exact) mass is 1010 g/mol. The molecule has 0 radical (unpaired) electrons. The lowest BCUT2D eigenvalue weighted by molar-refractivity contribution is -0.892. The maximum Gasteiger partial charge on any atom is 0.312 e. The van der Waals surface area contributed by atoms with Crippen LogP contribution in [0.1, 0.15) is 176 Å². The largest absolute Gasteiger partial charge is 1.00 e. The molecule has 8 fully saturated rings.